The Morgan fingerprint density at radius 2 is 1.88 bits per heavy atom. The highest BCUT2D eigenvalue weighted by atomic mass is 32.1. The van der Waals surface area contributed by atoms with Crippen molar-refractivity contribution >= 4 is 33.3 Å². The molecule has 1 fully saturated rings. The van der Waals surface area contributed by atoms with Gasteiger partial charge in [-0.15, -0.1) is 5.10 Å². The quantitative estimate of drug-likeness (QED) is 0.613. The van der Waals surface area contributed by atoms with Gasteiger partial charge in [0, 0.05) is 37.9 Å². The summed E-state index contributed by atoms with van der Waals surface area (Å²) in [7, 11) is 0. The van der Waals surface area contributed by atoms with E-state index in [1.165, 1.54) is 22.0 Å². The van der Waals surface area contributed by atoms with Crippen LogP contribution in [-0.4, -0.2) is 62.4 Å². The molecule has 1 saturated heterocycles. The predicted octanol–water partition coefficient (Wildman–Crippen LogP) is 3.51. The molecule has 0 atom stereocenters. The summed E-state index contributed by atoms with van der Waals surface area (Å²) in [5.74, 6) is -0.576. The lowest BCUT2D eigenvalue weighted by Crippen LogP contribution is -2.50. The summed E-state index contributed by atoms with van der Waals surface area (Å²) in [6.45, 7) is 7.64. The minimum absolute atomic E-state index is 0.205. The highest BCUT2D eigenvalue weighted by Crippen LogP contribution is 2.35. The van der Waals surface area contributed by atoms with E-state index in [-0.39, 0.29) is 11.7 Å². The van der Waals surface area contributed by atoms with E-state index in [2.05, 4.69) is 15.1 Å². The highest BCUT2D eigenvalue weighted by molar-refractivity contribution is 7.20. The monoisotopic (exact) mass is 469 g/mol. The average molecular weight is 469 g/mol. The van der Waals surface area contributed by atoms with Crippen molar-refractivity contribution < 1.29 is 22.7 Å². The zero-order valence-electron chi connectivity index (χ0n) is 17.7. The van der Waals surface area contributed by atoms with Crippen LogP contribution in [0, 0.1) is 0 Å². The molecule has 32 heavy (non-hydrogen) atoms. The first-order valence-electron chi connectivity index (χ1n) is 9.83. The number of imidazole rings is 1. The Balaban J connectivity index is 1.47. The maximum Gasteiger partial charge on any atom is 0.419 e. The third-order valence-corrected chi connectivity index (χ3v) is 5.74. The van der Waals surface area contributed by atoms with Crippen LogP contribution in [0.25, 0.3) is 16.2 Å². The minimum atomic E-state index is -4.60. The van der Waals surface area contributed by atoms with Crippen molar-refractivity contribution in [3.63, 3.8) is 0 Å². The van der Waals surface area contributed by atoms with Crippen LogP contribution in [0.1, 0.15) is 26.3 Å². The first-order valence-corrected chi connectivity index (χ1v) is 10.6. The summed E-state index contributed by atoms with van der Waals surface area (Å²) >= 11 is 1.32. The van der Waals surface area contributed by atoms with Crippen LogP contribution in [0.5, 0.6) is 0 Å². The second-order valence-corrected chi connectivity index (χ2v) is 9.28. The molecule has 4 heterocycles. The molecule has 172 valence electrons. The van der Waals surface area contributed by atoms with Gasteiger partial charge in [0.05, 0.1) is 17.5 Å². The van der Waals surface area contributed by atoms with E-state index in [0.717, 1.165) is 6.07 Å². The molecule has 4 rings (SSSR count). The smallest absolute Gasteiger partial charge is 0.419 e. The number of nitrogen functional groups attached to an aromatic ring is 1. The lowest BCUT2D eigenvalue weighted by molar-refractivity contribution is -0.137. The number of nitrogens with zero attached hydrogens (tertiary/aromatic N) is 6. The van der Waals surface area contributed by atoms with Gasteiger partial charge in [-0.2, -0.15) is 13.2 Å². The van der Waals surface area contributed by atoms with Crippen LogP contribution in [0.4, 0.5) is 28.9 Å². The molecule has 9 nitrogen and oxygen atoms in total. The summed E-state index contributed by atoms with van der Waals surface area (Å²) in [4.78, 5) is 24.5. The molecule has 2 N–H and O–H groups in total. The number of nitrogens with two attached hydrogens (primary N) is 1. The fourth-order valence-corrected chi connectivity index (χ4v) is 4.14. The lowest BCUT2D eigenvalue weighted by Gasteiger charge is -2.35. The van der Waals surface area contributed by atoms with E-state index in [4.69, 9.17) is 10.5 Å². The van der Waals surface area contributed by atoms with E-state index < -0.39 is 23.2 Å². The van der Waals surface area contributed by atoms with Gasteiger partial charge in [-0.3, -0.25) is 0 Å². The third-order valence-electron chi connectivity index (χ3n) is 4.75. The first kappa shape index (κ1) is 22.1. The number of anilines is 2. The summed E-state index contributed by atoms with van der Waals surface area (Å²) in [5.41, 5.74) is 4.35. The van der Waals surface area contributed by atoms with Crippen LogP contribution in [0.3, 0.4) is 0 Å². The molecule has 0 unspecified atom stereocenters. The predicted molar refractivity (Wildman–Crippen MR) is 114 cm³/mol. The molecule has 0 bridgehead atoms. The second kappa shape index (κ2) is 7.80. The number of piperazine rings is 1. The topological polar surface area (TPSA) is 102 Å². The zero-order valence-corrected chi connectivity index (χ0v) is 18.5. The molecule has 0 saturated carbocycles. The number of hydrogen-bond donors (Lipinski definition) is 1. The van der Waals surface area contributed by atoms with Gasteiger partial charge in [0.2, 0.25) is 10.1 Å². The Bertz CT molecular complexity index is 1110. The molecule has 1 aliphatic rings. The van der Waals surface area contributed by atoms with Crippen molar-refractivity contribution in [1.29, 1.82) is 0 Å². The molecule has 0 radical (unpaired) electrons. The Hall–Kier alpha value is -3.09. The molecular weight excluding hydrogens is 447 g/mol. The largest absolute Gasteiger partial charge is 0.444 e. The van der Waals surface area contributed by atoms with Gasteiger partial charge < -0.3 is 20.3 Å². The molecule has 0 aliphatic carbocycles. The number of amides is 1. The van der Waals surface area contributed by atoms with Crippen LogP contribution in [0.15, 0.2) is 18.5 Å². The van der Waals surface area contributed by atoms with Crippen molar-refractivity contribution in [2.24, 2.45) is 0 Å². The van der Waals surface area contributed by atoms with Crippen molar-refractivity contribution in [2.75, 3.05) is 36.8 Å². The van der Waals surface area contributed by atoms with Crippen molar-refractivity contribution in [2.45, 2.75) is 32.5 Å². The van der Waals surface area contributed by atoms with Gasteiger partial charge >= 0.3 is 12.3 Å². The third kappa shape index (κ3) is 4.56. The van der Waals surface area contributed by atoms with Crippen molar-refractivity contribution in [3.05, 3.63) is 24.0 Å². The Labute approximate surface area is 185 Å². The van der Waals surface area contributed by atoms with Crippen molar-refractivity contribution in [1.82, 2.24) is 24.5 Å². The number of ether oxygens (including phenoxy) is 1. The zero-order chi connectivity index (χ0) is 23.3. The van der Waals surface area contributed by atoms with Crippen molar-refractivity contribution in [3.8, 4) is 11.3 Å². The van der Waals surface area contributed by atoms with Gasteiger partial charge in [0.25, 0.3) is 0 Å². The fourth-order valence-electron chi connectivity index (χ4n) is 3.21. The van der Waals surface area contributed by atoms with E-state index >= 15 is 0 Å². The number of fused-ring (bicyclic) bond motifs is 1. The second-order valence-electron chi connectivity index (χ2n) is 8.35. The van der Waals surface area contributed by atoms with Gasteiger partial charge in [-0.05, 0) is 26.8 Å². The van der Waals surface area contributed by atoms with Gasteiger partial charge in [0.15, 0.2) is 0 Å². The molecule has 1 amide bonds. The van der Waals surface area contributed by atoms with Crippen LogP contribution >= 0.6 is 11.3 Å². The Morgan fingerprint density at radius 3 is 2.47 bits per heavy atom. The lowest BCUT2D eigenvalue weighted by atomic mass is 10.1. The Kier molecular flexibility index (Phi) is 5.39. The standard InChI is InChI=1S/C19H22F3N7O2S/c1-18(2,3)31-17(30)28-6-4-27(5-7-28)16-26-29-10-13(25-15(29)32-16)11-8-12(19(20,21)22)14(23)24-9-11/h8-10H,4-7H2,1-3H3,(H2,23,24). The summed E-state index contributed by atoms with van der Waals surface area (Å²) in [6.07, 6.45) is -2.13. The number of carbonyl (C=O) groups excluding carboxylic acids is 1. The molecule has 0 spiro atoms. The highest BCUT2D eigenvalue weighted by Gasteiger charge is 2.34. The van der Waals surface area contributed by atoms with Gasteiger partial charge in [0.1, 0.15) is 11.4 Å². The number of carbonyl (C=O) groups is 1. The average Bonchev–Trinajstić information content (AvgIpc) is 3.25. The maximum absolute atomic E-state index is 13.1. The number of alkyl halides is 3. The molecule has 1 aliphatic heterocycles. The number of rotatable bonds is 2. The number of hydrogen-bond acceptors (Lipinski definition) is 8. The minimum Gasteiger partial charge on any atom is -0.444 e. The summed E-state index contributed by atoms with van der Waals surface area (Å²) < 4.78 is 46.3. The summed E-state index contributed by atoms with van der Waals surface area (Å²) in [6, 6.07) is 0.936. The van der Waals surface area contributed by atoms with Gasteiger partial charge in [-0.25, -0.2) is 19.3 Å². The molecule has 13 heteroatoms. The molecule has 3 aromatic rings. The maximum atomic E-state index is 13.1. The van der Waals surface area contributed by atoms with Crippen LogP contribution in [-0.2, 0) is 10.9 Å². The number of pyridine rings is 1. The van der Waals surface area contributed by atoms with Crippen LogP contribution in [0.2, 0.25) is 0 Å². The molecule has 3 aromatic heterocycles. The number of halogens is 3. The Morgan fingerprint density at radius 1 is 1.19 bits per heavy atom. The summed E-state index contributed by atoms with van der Waals surface area (Å²) in [5, 5.41) is 5.21. The first-order chi connectivity index (χ1) is 14.9. The SMILES string of the molecule is CC(C)(C)OC(=O)N1CCN(c2nn3cc(-c4cnc(N)c(C(F)(F)F)c4)nc3s2)CC1. The van der Waals surface area contributed by atoms with E-state index in [0.29, 0.717) is 42.0 Å². The number of aromatic nitrogens is 4. The molecular formula is C19H22F3N7O2S. The van der Waals surface area contributed by atoms with E-state index in [9.17, 15) is 18.0 Å². The van der Waals surface area contributed by atoms with E-state index in [1.54, 1.807) is 11.1 Å². The normalized spacial score (nSPS) is 15.4. The molecule has 0 aromatic carbocycles. The van der Waals surface area contributed by atoms with E-state index in [1.807, 2.05) is 25.7 Å². The van der Waals surface area contributed by atoms with Crippen LogP contribution < -0.4 is 10.6 Å². The van der Waals surface area contributed by atoms with Gasteiger partial charge in [-0.1, -0.05) is 11.3 Å². The fraction of sp³-hybridized carbons (Fsp3) is 0.474.